The fourth-order valence-corrected chi connectivity index (χ4v) is 4.44. The minimum absolute atomic E-state index is 0.458. The van der Waals surface area contributed by atoms with Crippen LogP contribution in [0.1, 0.15) is 35.4 Å². The molecule has 0 unspecified atom stereocenters. The molecule has 0 radical (unpaired) electrons. The number of nitriles is 1. The Hall–Kier alpha value is -3.53. The van der Waals surface area contributed by atoms with Gasteiger partial charge in [0.2, 0.25) is 11.5 Å². The van der Waals surface area contributed by atoms with Gasteiger partial charge >= 0.3 is 0 Å². The number of nitrogen functional groups attached to an aromatic ring is 1. The summed E-state index contributed by atoms with van der Waals surface area (Å²) in [5, 5.41) is 10.7. The first-order valence-electron chi connectivity index (χ1n) is 9.00. The summed E-state index contributed by atoms with van der Waals surface area (Å²) < 4.78 is 11.6. The van der Waals surface area contributed by atoms with Crippen molar-refractivity contribution in [1.82, 2.24) is 14.0 Å². The van der Waals surface area contributed by atoms with E-state index in [4.69, 9.17) is 15.5 Å². The first-order valence-corrected chi connectivity index (χ1v) is 9.00. The maximum atomic E-state index is 9.83. The van der Waals surface area contributed by atoms with Gasteiger partial charge in [-0.15, -0.1) is 4.52 Å². The van der Waals surface area contributed by atoms with E-state index in [1.165, 1.54) is 18.4 Å². The summed E-state index contributed by atoms with van der Waals surface area (Å²) in [6.45, 7) is 2.01. The third-order valence-electron chi connectivity index (χ3n) is 5.86. The number of benzene rings is 1. The number of anilines is 1. The molecular formula is C20H17N6O+. The van der Waals surface area contributed by atoms with Crippen molar-refractivity contribution < 1.29 is 9.14 Å². The summed E-state index contributed by atoms with van der Waals surface area (Å²) in [5.41, 5.74) is 12.9. The van der Waals surface area contributed by atoms with Crippen LogP contribution in [0.2, 0.25) is 0 Å². The Balaban J connectivity index is 2.00. The summed E-state index contributed by atoms with van der Waals surface area (Å²) in [5.74, 6) is 1.76. The maximum absolute atomic E-state index is 9.83. The Labute approximate surface area is 154 Å². The van der Waals surface area contributed by atoms with Gasteiger partial charge in [-0.1, -0.05) is 0 Å². The summed E-state index contributed by atoms with van der Waals surface area (Å²) >= 11 is 0. The monoisotopic (exact) mass is 357 g/mol. The molecule has 0 amide bonds. The molecule has 2 N–H and O–H groups in total. The van der Waals surface area contributed by atoms with Crippen LogP contribution in [-0.4, -0.2) is 21.1 Å². The van der Waals surface area contributed by atoms with Gasteiger partial charge in [0.15, 0.2) is 0 Å². The van der Waals surface area contributed by atoms with Crippen molar-refractivity contribution in [2.24, 2.45) is 0 Å². The van der Waals surface area contributed by atoms with E-state index in [0.717, 1.165) is 39.0 Å². The lowest BCUT2D eigenvalue weighted by molar-refractivity contribution is -0.465. The lowest BCUT2D eigenvalue weighted by Crippen LogP contribution is -2.30. The highest BCUT2D eigenvalue weighted by atomic mass is 16.5. The summed E-state index contributed by atoms with van der Waals surface area (Å²) in [7, 11) is 1.66. The van der Waals surface area contributed by atoms with Gasteiger partial charge in [0.05, 0.1) is 12.5 Å². The van der Waals surface area contributed by atoms with Crippen molar-refractivity contribution in [2.75, 3.05) is 12.8 Å². The van der Waals surface area contributed by atoms with Crippen LogP contribution < -0.4 is 14.9 Å². The number of aryl methyl sites for hydroxylation is 1. The van der Waals surface area contributed by atoms with E-state index < -0.39 is 0 Å². The Morgan fingerprint density at radius 2 is 2.19 bits per heavy atom. The average Bonchev–Trinajstić information content (AvgIpc) is 3.36. The predicted octanol–water partition coefficient (Wildman–Crippen LogP) is 2.57. The van der Waals surface area contributed by atoms with E-state index in [-0.39, 0.29) is 0 Å². The minimum atomic E-state index is 0.458. The summed E-state index contributed by atoms with van der Waals surface area (Å²) in [6, 6.07) is 8.40. The molecule has 5 aromatic rings. The van der Waals surface area contributed by atoms with Crippen molar-refractivity contribution in [3.8, 4) is 11.8 Å². The molecule has 7 nitrogen and oxygen atoms in total. The molecule has 4 aromatic heterocycles. The Morgan fingerprint density at radius 3 is 2.89 bits per heavy atom. The SMILES string of the molecule is COc1ccc2c(c1C)[n+]1c(N)c(C#N)c3cc(C4CC4)c4ncn2n4c31. The van der Waals surface area contributed by atoms with Crippen molar-refractivity contribution in [3.05, 3.63) is 41.2 Å². The normalized spacial score (nSPS) is 14.7. The van der Waals surface area contributed by atoms with E-state index in [1.807, 2.05) is 34.3 Å². The zero-order valence-electron chi connectivity index (χ0n) is 15.0. The zero-order chi connectivity index (χ0) is 18.4. The Kier molecular flexibility index (Phi) is 2.49. The van der Waals surface area contributed by atoms with Gasteiger partial charge in [-0.25, -0.2) is 4.98 Å². The van der Waals surface area contributed by atoms with Gasteiger partial charge in [0.1, 0.15) is 34.7 Å². The van der Waals surface area contributed by atoms with Gasteiger partial charge in [0.25, 0.3) is 5.65 Å². The Bertz CT molecular complexity index is 1450. The first kappa shape index (κ1) is 14.6. The van der Waals surface area contributed by atoms with E-state index >= 15 is 0 Å². The van der Waals surface area contributed by atoms with E-state index in [9.17, 15) is 5.26 Å². The van der Waals surface area contributed by atoms with Gasteiger partial charge in [-0.2, -0.15) is 14.2 Å². The number of aromatic nitrogens is 4. The second-order valence-electron chi connectivity index (χ2n) is 7.30. The van der Waals surface area contributed by atoms with E-state index in [1.54, 1.807) is 7.11 Å². The number of nitrogens with two attached hydrogens (primary N) is 1. The molecule has 1 aliphatic carbocycles. The molecule has 0 saturated heterocycles. The molecule has 4 heterocycles. The van der Waals surface area contributed by atoms with E-state index in [2.05, 4.69) is 16.7 Å². The van der Waals surface area contributed by atoms with Crippen LogP contribution in [0.5, 0.6) is 5.75 Å². The molecule has 0 spiro atoms. The predicted molar refractivity (Wildman–Crippen MR) is 100 cm³/mol. The smallest absolute Gasteiger partial charge is 0.267 e. The first-order chi connectivity index (χ1) is 13.2. The molecule has 132 valence electrons. The number of fused-ring (bicyclic) bond motifs is 3. The number of hydrogen-bond donors (Lipinski definition) is 1. The van der Waals surface area contributed by atoms with Crippen molar-refractivity contribution in [3.63, 3.8) is 0 Å². The molecule has 0 atom stereocenters. The van der Waals surface area contributed by atoms with Gasteiger partial charge < -0.3 is 10.5 Å². The van der Waals surface area contributed by atoms with Crippen LogP contribution in [0.3, 0.4) is 0 Å². The minimum Gasteiger partial charge on any atom is -0.496 e. The largest absolute Gasteiger partial charge is 0.496 e. The second kappa shape index (κ2) is 4.60. The van der Waals surface area contributed by atoms with Crippen LogP contribution >= 0.6 is 0 Å². The summed E-state index contributed by atoms with van der Waals surface area (Å²) in [4.78, 5) is 4.73. The zero-order valence-corrected chi connectivity index (χ0v) is 15.0. The molecule has 1 aromatic carbocycles. The molecule has 27 heavy (non-hydrogen) atoms. The van der Waals surface area contributed by atoms with Crippen molar-refractivity contribution in [1.29, 1.82) is 5.26 Å². The molecule has 7 heteroatoms. The molecule has 1 saturated carbocycles. The number of pyridine rings is 1. The number of nitrogens with zero attached hydrogens (tertiary/aromatic N) is 5. The van der Waals surface area contributed by atoms with Crippen LogP contribution in [-0.2, 0) is 0 Å². The third kappa shape index (κ3) is 1.57. The Morgan fingerprint density at radius 1 is 1.37 bits per heavy atom. The number of ether oxygens (including phenoxy) is 1. The highest BCUT2D eigenvalue weighted by molar-refractivity contribution is 5.91. The van der Waals surface area contributed by atoms with Gasteiger partial charge in [-0.05, 0) is 43.9 Å². The van der Waals surface area contributed by atoms with Gasteiger partial charge in [-0.3, -0.25) is 0 Å². The molecule has 0 aliphatic heterocycles. The lowest BCUT2D eigenvalue weighted by atomic mass is 10.1. The average molecular weight is 357 g/mol. The van der Waals surface area contributed by atoms with Crippen LogP contribution in [0.15, 0.2) is 24.5 Å². The fraction of sp³-hybridized carbons (Fsp3) is 0.250. The molecule has 6 rings (SSSR count). The maximum Gasteiger partial charge on any atom is 0.267 e. The van der Waals surface area contributed by atoms with Crippen LogP contribution in [0.4, 0.5) is 5.82 Å². The number of methoxy groups -OCH3 is 1. The van der Waals surface area contributed by atoms with Gasteiger partial charge in [0, 0.05) is 11.1 Å². The van der Waals surface area contributed by atoms with Crippen molar-refractivity contribution >= 4 is 33.5 Å². The summed E-state index contributed by atoms with van der Waals surface area (Å²) in [6.07, 6.45) is 4.18. The number of rotatable bonds is 2. The quantitative estimate of drug-likeness (QED) is 0.389. The lowest BCUT2D eigenvalue weighted by Gasteiger charge is -2.11. The molecule has 1 fully saturated rings. The molecular weight excluding hydrogens is 340 g/mol. The fourth-order valence-electron chi connectivity index (χ4n) is 4.44. The standard InChI is InChI=1S/C20H17N6O/c1-10-16(27-2)6-5-15-17(10)25-18(22)14(8-21)13-7-12(11-3-4-11)19-23-9-24(15)26(19)20(13)25/h5-7,9,11H,3-4,22H2,1-2H3/q+1. The van der Waals surface area contributed by atoms with Crippen molar-refractivity contribution in [2.45, 2.75) is 25.7 Å². The topological polar surface area (TPSA) is 84.8 Å². The molecule has 0 bridgehead atoms. The molecule has 1 aliphatic rings. The second-order valence-corrected chi connectivity index (χ2v) is 7.30. The third-order valence-corrected chi connectivity index (χ3v) is 5.86. The highest BCUT2D eigenvalue weighted by Crippen LogP contribution is 2.43. The van der Waals surface area contributed by atoms with Crippen LogP contribution in [0.25, 0.3) is 27.7 Å². The number of hydrogen-bond acceptors (Lipinski definition) is 4. The van der Waals surface area contributed by atoms with Crippen LogP contribution in [0, 0.1) is 18.3 Å². The van der Waals surface area contributed by atoms with E-state index in [0.29, 0.717) is 17.3 Å². The highest BCUT2D eigenvalue weighted by Gasteiger charge is 2.34.